The van der Waals surface area contributed by atoms with Crippen molar-refractivity contribution in [3.05, 3.63) is 55.0 Å². The quantitative estimate of drug-likeness (QED) is 0.410. The average molecular weight is 311 g/mol. The Morgan fingerprint density at radius 2 is 0.913 bits per heavy atom. The summed E-state index contributed by atoms with van der Waals surface area (Å²) in [5, 5.41) is 0. The average Bonchev–Trinajstić information content (AvgIpc) is 2.56. The van der Waals surface area contributed by atoms with Crippen LogP contribution in [0.4, 0.5) is 0 Å². The molecule has 104 valence electrons. The minimum atomic E-state index is -3.34. The highest BCUT2D eigenvalue weighted by Crippen LogP contribution is 2.39. The highest BCUT2D eigenvalue weighted by atomic mass is 31.2. The van der Waals surface area contributed by atoms with Gasteiger partial charge in [0.1, 0.15) is 39.8 Å². The van der Waals surface area contributed by atoms with E-state index in [4.69, 9.17) is 23.5 Å². The third kappa shape index (κ3) is 3.02. The third-order valence-electron chi connectivity index (χ3n) is 3.28. The number of nitrogens with zero attached hydrogens (tertiary/aromatic N) is 3. The van der Waals surface area contributed by atoms with Crippen molar-refractivity contribution in [2.75, 3.05) is 0 Å². The highest BCUT2D eigenvalue weighted by molar-refractivity contribution is 7.84. The smallest absolute Gasteiger partial charge is 0.223 e. The van der Waals surface area contributed by atoms with Gasteiger partial charge in [0, 0.05) is 18.6 Å². The summed E-state index contributed by atoms with van der Waals surface area (Å²) in [7, 11) is 13.7. The molecule has 0 fully saturated rings. The zero-order valence-electron chi connectivity index (χ0n) is 12.1. The third-order valence-corrected chi connectivity index (χ3v) is 6.01. The molecule has 23 heavy (non-hydrogen) atoms. The maximum atomic E-state index is 13.8. The zero-order chi connectivity index (χ0) is 16.4. The van der Waals surface area contributed by atoms with E-state index in [0.29, 0.717) is 32.7 Å². The lowest BCUT2D eigenvalue weighted by atomic mass is 9.99. The topological polar surface area (TPSA) is 55.7 Å². The van der Waals surface area contributed by atoms with E-state index >= 15 is 0 Å². The van der Waals surface area contributed by atoms with E-state index in [0.717, 1.165) is 0 Å². The molecule has 0 aromatic carbocycles. The lowest BCUT2D eigenvalue weighted by Crippen LogP contribution is -2.32. The molecule has 4 nitrogen and oxygen atoms in total. The number of aromatic nitrogens is 3. The molecule has 0 unspecified atom stereocenters. The van der Waals surface area contributed by atoms with Gasteiger partial charge in [0.2, 0.25) is 7.14 Å². The minimum absolute atomic E-state index is 0.348. The molecule has 0 bridgehead atoms. The summed E-state index contributed by atoms with van der Waals surface area (Å²) in [6.07, 6.45) is 4.36. The predicted molar refractivity (Wildman–Crippen MR) is 95.4 cm³/mol. The summed E-state index contributed by atoms with van der Waals surface area (Å²) in [5.41, 5.74) is 2.49. The van der Waals surface area contributed by atoms with Gasteiger partial charge in [-0.25, -0.2) is 0 Å². The molecule has 0 saturated heterocycles. The minimum Gasteiger partial charge on any atom is -0.304 e. The van der Waals surface area contributed by atoms with Crippen molar-refractivity contribution in [2.24, 2.45) is 0 Å². The van der Waals surface area contributed by atoms with Gasteiger partial charge in [-0.2, -0.15) is 0 Å². The number of rotatable bonds is 3. The summed E-state index contributed by atoms with van der Waals surface area (Å²) < 4.78 is 13.8. The fourth-order valence-electron chi connectivity index (χ4n) is 2.10. The van der Waals surface area contributed by atoms with Gasteiger partial charge < -0.3 is 4.57 Å². The molecule has 0 spiro atoms. The van der Waals surface area contributed by atoms with Crippen LogP contribution >= 0.6 is 7.14 Å². The van der Waals surface area contributed by atoms with E-state index in [1.807, 2.05) is 0 Å². The summed E-state index contributed by atoms with van der Waals surface area (Å²) in [4.78, 5) is 12.7. The van der Waals surface area contributed by atoms with Crippen molar-refractivity contribution in [1.82, 2.24) is 15.0 Å². The molecule has 0 saturated carbocycles. The second kappa shape index (κ2) is 6.17. The summed E-state index contributed by atoms with van der Waals surface area (Å²) in [6, 6.07) is 9.78. The first-order valence-electron chi connectivity index (χ1n) is 6.76. The van der Waals surface area contributed by atoms with Crippen LogP contribution in [0.15, 0.2) is 55.0 Å². The summed E-state index contributed by atoms with van der Waals surface area (Å²) >= 11 is 0. The molecule has 0 atom stereocenters. The van der Waals surface area contributed by atoms with E-state index in [1.165, 1.54) is 18.6 Å². The Hall–Kier alpha value is -2.13. The molecule has 3 aromatic heterocycles. The fraction of sp³-hybridized carbons (Fsp3) is 0. The Labute approximate surface area is 138 Å². The summed E-state index contributed by atoms with van der Waals surface area (Å²) in [6.45, 7) is 0. The Balaban J connectivity index is 2.24. The molecule has 0 aliphatic heterocycles. The van der Waals surface area contributed by atoms with Crippen LogP contribution in [-0.4, -0.2) is 38.5 Å². The Kier molecular flexibility index (Phi) is 4.23. The second-order valence-electron chi connectivity index (χ2n) is 4.96. The van der Waals surface area contributed by atoms with Gasteiger partial charge in [-0.05, 0) is 18.2 Å². The fourth-order valence-corrected chi connectivity index (χ4v) is 4.32. The van der Waals surface area contributed by atoms with Crippen LogP contribution in [0.2, 0.25) is 0 Å². The molecule has 0 N–H and O–H groups in total. The Morgan fingerprint density at radius 3 is 1.13 bits per heavy atom. The van der Waals surface area contributed by atoms with Crippen LogP contribution in [0.3, 0.4) is 0 Å². The molecule has 3 aromatic rings. The lowest BCUT2D eigenvalue weighted by molar-refractivity contribution is 0.591. The molecule has 0 aliphatic rings. The number of hydrogen-bond acceptors (Lipinski definition) is 4. The molecular formula is C15H9B3N3OP. The van der Waals surface area contributed by atoms with Crippen molar-refractivity contribution in [3.63, 3.8) is 0 Å². The van der Waals surface area contributed by atoms with Crippen molar-refractivity contribution < 1.29 is 4.57 Å². The largest absolute Gasteiger partial charge is 0.304 e. The first-order valence-corrected chi connectivity index (χ1v) is 8.47. The summed E-state index contributed by atoms with van der Waals surface area (Å²) in [5.74, 6) is 0. The van der Waals surface area contributed by atoms with Gasteiger partial charge in [-0.15, -0.1) is 0 Å². The number of pyridine rings is 3. The zero-order valence-corrected chi connectivity index (χ0v) is 13.0. The highest BCUT2D eigenvalue weighted by Gasteiger charge is 2.33. The Bertz CT molecular complexity index is 750. The van der Waals surface area contributed by atoms with E-state index in [-0.39, 0.29) is 0 Å². The van der Waals surface area contributed by atoms with Gasteiger partial charge in [0.05, 0.1) is 0 Å². The van der Waals surface area contributed by atoms with Crippen LogP contribution < -0.4 is 32.7 Å². The first-order chi connectivity index (χ1) is 11.0. The van der Waals surface area contributed by atoms with Crippen molar-refractivity contribution in [2.45, 2.75) is 0 Å². The van der Waals surface area contributed by atoms with E-state index in [1.54, 1.807) is 36.4 Å². The SMILES string of the molecule is [B]c1ccc(P(=O)(c2ccc([B])cn2)c2ccc([B])cn2)nc1. The van der Waals surface area contributed by atoms with Gasteiger partial charge in [-0.1, -0.05) is 34.6 Å². The molecule has 3 heterocycles. The van der Waals surface area contributed by atoms with Crippen molar-refractivity contribution in [3.8, 4) is 0 Å². The maximum absolute atomic E-state index is 13.8. The van der Waals surface area contributed by atoms with Crippen LogP contribution in [0.25, 0.3) is 0 Å². The van der Waals surface area contributed by atoms with Gasteiger partial charge in [-0.3, -0.25) is 15.0 Å². The molecule has 0 aliphatic carbocycles. The predicted octanol–water partition coefficient (Wildman–Crippen LogP) is -2.11. The normalized spacial score (nSPS) is 11.3. The second-order valence-corrected chi connectivity index (χ2v) is 7.55. The lowest BCUT2D eigenvalue weighted by Gasteiger charge is -2.17. The van der Waals surface area contributed by atoms with Crippen LogP contribution in [0.1, 0.15) is 0 Å². The first kappa shape index (κ1) is 15.8. The monoisotopic (exact) mass is 311 g/mol. The molecule has 3 rings (SSSR count). The van der Waals surface area contributed by atoms with Gasteiger partial charge in [0.15, 0.2) is 0 Å². The molecule has 0 amide bonds. The van der Waals surface area contributed by atoms with Gasteiger partial charge in [0.25, 0.3) is 0 Å². The van der Waals surface area contributed by atoms with Gasteiger partial charge >= 0.3 is 0 Å². The van der Waals surface area contributed by atoms with Crippen molar-refractivity contribution >= 4 is 63.4 Å². The van der Waals surface area contributed by atoms with Crippen molar-refractivity contribution in [1.29, 1.82) is 0 Å². The van der Waals surface area contributed by atoms with Crippen LogP contribution in [-0.2, 0) is 4.57 Å². The van der Waals surface area contributed by atoms with E-state index in [9.17, 15) is 4.57 Å². The van der Waals surface area contributed by atoms with E-state index in [2.05, 4.69) is 15.0 Å². The molecule has 8 heteroatoms. The Morgan fingerprint density at radius 1 is 0.609 bits per heavy atom. The standard InChI is InChI=1S/C15H9B3N3OP/c16-10-1-4-13(19-7-10)23(22,14-5-2-11(17)8-20-14)15-6-3-12(18)9-21-15/h1-9H. The number of hydrogen-bond donors (Lipinski definition) is 0. The molecular weight excluding hydrogens is 302 g/mol. The molecule has 6 radical (unpaired) electrons. The van der Waals surface area contributed by atoms with Crippen LogP contribution in [0, 0.1) is 0 Å². The van der Waals surface area contributed by atoms with E-state index < -0.39 is 7.14 Å². The van der Waals surface area contributed by atoms with Crippen LogP contribution in [0.5, 0.6) is 0 Å². The maximum Gasteiger partial charge on any atom is 0.223 e.